The highest BCUT2D eigenvalue weighted by Crippen LogP contribution is 2.34. The number of rotatable bonds is 1. The minimum Gasteiger partial charge on any atom is -0.423 e. The van der Waals surface area contributed by atoms with E-state index >= 15 is 0 Å². The van der Waals surface area contributed by atoms with Crippen molar-refractivity contribution in [2.24, 2.45) is 0 Å². The molecule has 1 saturated heterocycles. The zero-order chi connectivity index (χ0) is 11.8. The van der Waals surface area contributed by atoms with Gasteiger partial charge in [0.25, 0.3) is 0 Å². The standard InChI is InChI=1S/C9H11N3O3S/c10-5-6-8(11)15-9(12-6)7-3-1-2-4-16(7,13)14/h7H,1-4,11H2. The van der Waals surface area contributed by atoms with Crippen LogP contribution in [0.25, 0.3) is 0 Å². The Balaban J connectivity index is 2.40. The van der Waals surface area contributed by atoms with E-state index in [2.05, 4.69) is 4.98 Å². The van der Waals surface area contributed by atoms with Gasteiger partial charge in [-0.15, -0.1) is 0 Å². The fraction of sp³-hybridized carbons (Fsp3) is 0.556. The highest BCUT2D eigenvalue weighted by atomic mass is 32.2. The number of nitrogens with two attached hydrogens (primary N) is 1. The van der Waals surface area contributed by atoms with Crippen LogP contribution in [0, 0.1) is 11.3 Å². The summed E-state index contributed by atoms with van der Waals surface area (Å²) in [4.78, 5) is 3.82. The molecule has 1 aliphatic heterocycles. The van der Waals surface area contributed by atoms with E-state index < -0.39 is 15.1 Å². The number of anilines is 1. The number of aromatic nitrogens is 1. The lowest BCUT2D eigenvalue weighted by Gasteiger charge is -2.18. The summed E-state index contributed by atoms with van der Waals surface area (Å²) >= 11 is 0. The molecule has 6 nitrogen and oxygen atoms in total. The number of oxazole rings is 1. The Morgan fingerprint density at radius 2 is 2.25 bits per heavy atom. The summed E-state index contributed by atoms with van der Waals surface area (Å²) in [6, 6.07) is 1.76. The Morgan fingerprint density at radius 1 is 1.50 bits per heavy atom. The second-order valence-electron chi connectivity index (χ2n) is 3.73. The zero-order valence-corrected chi connectivity index (χ0v) is 9.33. The Hall–Kier alpha value is -1.55. The number of nitrogens with zero attached hydrogens (tertiary/aromatic N) is 2. The number of hydrogen-bond donors (Lipinski definition) is 1. The minimum absolute atomic E-state index is 0.0456. The predicted octanol–water partition coefficient (Wildman–Crippen LogP) is 0.768. The minimum atomic E-state index is -3.21. The van der Waals surface area contributed by atoms with Crippen molar-refractivity contribution < 1.29 is 12.8 Å². The molecule has 1 fully saturated rings. The molecule has 2 N–H and O–H groups in total. The van der Waals surface area contributed by atoms with Crippen molar-refractivity contribution in [3.8, 4) is 6.07 Å². The maximum atomic E-state index is 11.8. The summed E-state index contributed by atoms with van der Waals surface area (Å²) < 4.78 is 28.6. The van der Waals surface area contributed by atoms with Gasteiger partial charge in [-0.05, 0) is 12.8 Å². The van der Waals surface area contributed by atoms with Crippen molar-refractivity contribution in [1.29, 1.82) is 5.26 Å². The van der Waals surface area contributed by atoms with E-state index in [9.17, 15) is 8.42 Å². The van der Waals surface area contributed by atoms with Gasteiger partial charge in [-0.1, -0.05) is 6.42 Å². The van der Waals surface area contributed by atoms with Gasteiger partial charge >= 0.3 is 0 Å². The monoisotopic (exact) mass is 241 g/mol. The fourth-order valence-corrected chi connectivity index (χ4v) is 3.62. The molecule has 1 unspecified atom stereocenters. The van der Waals surface area contributed by atoms with Crippen LogP contribution in [0.1, 0.15) is 36.1 Å². The van der Waals surface area contributed by atoms with Crippen LogP contribution < -0.4 is 5.73 Å². The second-order valence-corrected chi connectivity index (χ2v) is 6.03. The molecule has 0 aromatic carbocycles. The molecule has 1 aromatic heterocycles. The zero-order valence-electron chi connectivity index (χ0n) is 8.51. The van der Waals surface area contributed by atoms with Crippen LogP contribution in [0.3, 0.4) is 0 Å². The molecule has 1 atom stereocenters. The molecule has 2 heterocycles. The molecule has 0 saturated carbocycles. The van der Waals surface area contributed by atoms with Crippen molar-refractivity contribution in [1.82, 2.24) is 4.98 Å². The molecule has 0 radical (unpaired) electrons. The lowest BCUT2D eigenvalue weighted by Crippen LogP contribution is -2.21. The van der Waals surface area contributed by atoms with Crippen LogP contribution in [-0.2, 0) is 9.84 Å². The molecule has 86 valence electrons. The van der Waals surface area contributed by atoms with Gasteiger partial charge in [0.05, 0.1) is 5.75 Å². The van der Waals surface area contributed by atoms with E-state index in [4.69, 9.17) is 15.4 Å². The van der Waals surface area contributed by atoms with Crippen LogP contribution in [0.5, 0.6) is 0 Å². The summed E-state index contributed by atoms with van der Waals surface area (Å²) in [5.74, 6) is 0.0778. The van der Waals surface area contributed by atoms with Crippen LogP contribution in [0.15, 0.2) is 4.42 Å². The third kappa shape index (κ3) is 1.76. The van der Waals surface area contributed by atoms with Crippen LogP contribution >= 0.6 is 0 Å². The van der Waals surface area contributed by atoms with Gasteiger partial charge in [-0.25, -0.2) is 8.42 Å². The van der Waals surface area contributed by atoms with Crippen LogP contribution in [0.4, 0.5) is 5.88 Å². The fourth-order valence-electron chi connectivity index (χ4n) is 1.80. The largest absolute Gasteiger partial charge is 0.423 e. The lowest BCUT2D eigenvalue weighted by atomic mass is 10.2. The van der Waals surface area contributed by atoms with Gasteiger partial charge in [0, 0.05) is 0 Å². The topological polar surface area (TPSA) is 110 Å². The first-order valence-corrected chi connectivity index (χ1v) is 6.64. The van der Waals surface area contributed by atoms with Crippen LogP contribution in [-0.4, -0.2) is 19.2 Å². The molecule has 0 spiro atoms. The van der Waals surface area contributed by atoms with Crippen molar-refractivity contribution >= 4 is 15.7 Å². The SMILES string of the molecule is N#Cc1nc(C2CCCCS2(=O)=O)oc1N. The molecular formula is C9H11N3O3S. The summed E-state index contributed by atoms with van der Waals surface area (Å²) in [6.07, 6.45) is 1.96. The molecule has 1 aromatic rings. The Kier molecular flexibility index (Phi) is 2.59. The van der Waals surface area contributed by atoms with Gasteiger partial charge in [0.1, 0.15) is 11.3 Å². The summed E-state index contributed by atoms with van der Waals surface area (Å²) in [6.45, 7) is 0. The predicted molar refractivity (Wildman–Crippen MR) is 56.0 cm³/mol. The lowest BCUT2D eigenvalue weighted by molar-refractivity contribution is 0.461. The van der Waals surface area contributed by atoms with Crippen LogP contribution in [0.2, 0.25) is 0 Å². The summed E-state index contributed by atoms with van der Waals surface area (Å²) in [7, 11) is -3.21. The molecular weight excluding hydrogens is 230 g/mol. The van der Waals surface area contributed by atoms with E-state index in [1.54, 1.807) is 6.07 Å². The molecule has 16 heavy (non-hydrogen) atoms. The first kappa shape index (κ1) is 11.0. The summed E-state index contributed by atoms with van der Waals surface area (Å²) in [5, 5.41) is 7.91. The van der Waals surface area contributed by atoms with E-state index in [1.807, 2.05) is 0 Å². The Labute approximate surface area is 93.0 Å². The molecule has 2 rings (SSSR count). The number of nitrogen functional groups attached to an aromatic ring is 1. The first-order chi connectivity index (χ1) is 7.54. The highest BCUT2D eigenvalue weighted by molar-refractivity contribution is 7.91. The molecule has 1 aliphatic rings. The van der Waals surface area contributed by atoms with Gasteiger partial charge < -0.3 is 10.2 Å². The van der Waals surface area contributed by atoms with Gasteiger partial charge in [-0.2, -0.15) is 10.2 Å². The Morgan fingerprint density at radius 3 is 2.81 bits per heavy atom. The maximum Gasteiger partial charge on any atom is 0.229 e. The average Bonchev–Trinajstić information content (AvgIpc) is 2.58. The van der Waals surface area contributed by atoms with Gasteiger partial charge in [0.15, 0.2) is 9.84 Å². The first-order valence-electron chi connectivity index (χ1n) is 4.92. The van der Waals surface area contributed by atoms with Crippen molar-refractivity contribution in [2.75, 3.05) is 11.5 Å². The van der Waals surface area contributed by atoms with Gasteiger partial charge in [0.2, 0.25) is 17.5 Å². The quantitative estimate of drug-likeness (QED) is 0.777. The third-order valence-corrected chi connectivity index (χ3v) is 4.79. The number of sulfone groups is 1. The number of hydrogen-bond acceptors (Lipinski definition) is 6. The number of nitriles is 1. The van der Waals surface area contributed by atoms with Gasteiger partial charge in [-0.3, -0.25) is 0 Å². The van der Waals surface area contributed by atoms with Crippen molar-refractivity contribution in [3.63, 3.8) is 0 Å². The molecule has 7 heteroatoms. The van der Waals surface area contributed by atoms with Crippen molar-refractivity contribution in [2.45, 2.75) is 24.5 Å². The Bertz CT molecular complexity index is 541. The average molecular weight is 241 g/mol. The van der Waals surface area contributed by atoms with E-state index in [0.29, 0.717) is 12.8 Å². The smallest absolute Gasteiger partial charge is 0.229 e. The van der Waals surface area contributed by atoms with E-state index in [0.717, 1.165) is 6.42 Å². The maximum absolute atomic E-state index is 11.8. The van der Waals surface area contributed by atoms with Crippen molar-refractivity contribution in [3.05, 3.63) is 11.6 Å². The van der Waals surface area contributed by atoms with E-state index in [1.165, 1.54) is 0 Å². The molecule has 0 aliphatic carbocycles. The molecule has 0 amide bonds. The van der Waals surface area contributed by atoms with E-state index in [-0.39, 0.29) is 23.2 Å². The highest BCUT2D eigenvalue weighted by Gasteiger charge is 2.34. The molecule has 0 bridgehead atoms. The normalized spacial score (nSPS) is 23.8. The third-order valence-electron chi connectivity index (χ3n) is 2.63. The summed E-state index contributed by atoms with van der Waals surface area (Å²) in [5.41, 5.74) is 5.36. The second kappa shape index (κ2) is 3.79.